The number of hydrogen-bond acceptors (Lipinski definition) is 5. The van der Waals surface area contributed by atoms with Gasteiger partial charge in [-0.3, -0.25) is 5.32 Å². The number of benzene rings is 1. The molecule has 3 N–H and O–H groups in total. The molecule has 3 aliphatic rings. The lowest BCUT2D eigenvalue weighted by Crippen LogP contribution is -2.58. The van der Waals surface area contributed by atoms with Crippen LogP contribution in [0.4, 0.5) is 17.6 Å². The maximum absolute atomic E-state index is 14.7. The zero-order valence-electron chi connectivity index (χ0n) is 18.1. The fourth-order valence-corrected chi connectivity index (χ4v) is 5.07. The largest absolute Gasteiger partial charge is 0.416 e. The van der Waals surface area contributed by atoms with Crippen molar-refractivity contribution in [2.75, 3.05) is 45.8 Å². The molecule has 0 saturated carbocycles. The number of rotatable bonds is 6. The van der Waals surface area contributed by atoms with Crippen molar-refractivity contribution in [3.8, 4) is 0 Å². The molecule has 2 saturated heterocycles. The van der Waals surface area contributed by atoms with Gasteiger partial charge in [0.05, 0.1) is 17.0 Å². The van der Waals surface area contributed by atoms with Crippen LogP contribution in [0.3, 0.4) is 0 Å². The van der Waals surface area contributed by atoms with Gasteiger partial charge in [0.1, 0.15) is 5.82 Å². The van der Waals surface area contributed by atoms with Gasteiger partial charge >= 0.3 is 6.18 Å². The molecule has 1 aromatic rings. The van der Waals surface area contributed by atoms with E-state index in [1.54, 1.807) is 0 Å². The summed E-state index contributed by atoms with van der Waals surface area (Å²) in [6, 6.07) is 2.38. The minimum absolute atomic E-state index is 0.0571. The Morgan fingerprint density at radius 1 is 1.31 bits per heavy atom. The fraction of sp³-hybridized carbons (Fsp3) is 0.636. The van der Waals surface area contributed by atoms with Crippen LogP contribution in [0.1, 0.15) is 30.6 Å². The molecule has 32 heavy (non-hydrogen) atoms. The summed E-state index contributed by atoms with van der Waals surface area (Å²) < 4.78 is 54.4. The van der Waals surface area contributed by atoms with Crippen LogP contribution in [0.15, 0.2) is 29.8 Å². The Morgan fingerprint density at radius 2 is 2.12 bits per heavy atom. The van der Waals surface area contributed by atoms with E-state index < -0.39 is 29.9 Å². The molecule has 0 aliphatic carbocycles. The Balaban J connectivity index is 1.59. The lowest BCUT2D eigenvalue weighted by molar-refractivity contribution is -0.668. The normalized spacial score (nSPS) is 29.5. The Kier molecular flexibility index (Phi) is 6.94. The van der Waals surface area contributed by atoms with Gasteiger partial charge in [0.15, 0.2) is 0 Å². The summed E-state index contributed by atoms with van der Waals surface area (Å²) in [5, 5.41) is 9.72. The van der Waals surface area contributed by atoms with Crippen molar-refractivity contribution in [2.45, 2.75) is 31.9 Å². The SMILES string of the molecule is CCNCC1CCN(C2C(C3=CCNC3)CNC(c3ccc(C(F)(F)F)cc3F)[N+]2=O)C1. The van der Waals surface area contributed by atoms with Gasteiger partial charge in [0.25, 0.3) is 12.3 Å². The van der Waals surface area contributed by atoms with Crippen LogP contribution in [-0.2, 0) is 6.18 Å². The van der Waals surface area contributed by atoms with Gasteiger partial charge in [-0.05, 0) is 49.2 Å². The van der Waals surface area contributed by atoms with E-state index in [4.69, 9.17) is 0 Å². The fourth-order valence-electron chi connectivity index (χ4n) is 5.07. The molecule has 0 radical (unpaired) electrons. The quantitative estimate of drug-likeness (QED) is 0.349. The van der Waals surface area contributed by atoms with E-state index in [1.807, 2.05) is 0 Å². The molecule has 4 atom stereocenters. The Labute approximate surface area is 185 Å². The number of alkyl halides is 3. The number of nitrogens with zero attached hydrogens (tertiary/aromatic N) is 2. The molecule has 10 heteroatoms. The molecular weight excluding hydrogens is 426 g/mol. The molecule has 0 aromatic heterocycles. The minimum atomic E-state index is -4.64. The van der Waals surface area contributed by atoms with Gasteiger partial charge in [0, 0.05) is 42.4 Å². The lowest BCUT2D eigenvalue weighted by atomic mass is 9.91. The molecule has 4 rings (SSSR count). The molecule has 0 bridgehead atoms. The van der Waals surface area contributed by atoms with E-state index in [9.17, 15) is 22.5 Å². The predicted octanol–water partition coefficient (Wildman–Crippen LogP) is 2.63. The van der Waals surface area contributed by atoms with Crippen molar-refractivity contribution >= 4 is 0 Å². The molecular formula is C22H30F4N5O+. The first-order valence-electron chi connectivity index (χ1n) is 11.2. The Morgan fingerprint density at radius 3 is 2.78 bits per heavy atom. The summed E-state index contributed by atoms with van der Waals surface area (Å²) in [5.74, 6) is -0.673. The highest BCUT2D eigenvalue weighted by molar-refractivity contribution is 5.28. The van der Waals surface area contributed by atoms with Crippen LogP contribution in [-0.4, -0.2) is 61.6 Å². The van der Waals surface area contributed by atoms with E-state index in [-0.39, 0.29) is 11.5 Å². The molecule has 6 nitrogen and oxygen atoms in total. The summed E-state index contributed by atoms with van der Waals surface area (Å²) in [4.78, 5) is 15.8. The highest BCUT2D eigenvalue weighted by Gasteiger charge is 2.52. The highest BCUT2D eigenvalue weighted by Crippen LogP contribution is 2.36. The molecule has 1 aromatic carbocycles. The van der Waals surface area contributed by atoms with Gasteiger partial charge in [-0.1, -0.05) is 13.0 Å². The van der Waals surface area contributed by atoms with Crippen LogP contribution >= 0.6 is 0 Å². The van der Waals surface area contributed by atoms with E-state index in [2.05, 4.69) is 33.9 Å². The number of hydrogen-bond donors (Lipinski definition) is 3. The second-order valence-corrected chi connectivity index (χ2v) is 8.79. The summed E-state index contributed by atoms with van der Waals surface area (Å²) in [7, 11) is 0. The van der Waals surface area contributed by atoms with E-state index in [0.717, 1.165) is 61.6 Å². The first kappa shape index (κ1) is 23.3. The number of halogens is 4. The smallest absolute Gasteiger partial charge is 0.317 e. The molecule has 3 heterocycles. The molecule has 4 unspecified atom stereocenters. The molecule has 176 valence electrons. The lowest BCUT2D eigenvalue weighted by Gasteiger charge is -2.35. The van der Waals surface area contributed by atoms with Crippen molar-refractivity contribution in [1.29, 1.82) is 0 Å². The third-order valence-corrected chi connectivity index (χ3v) is 6.72. The molecule has 0 spiro atoms. The monoisotopic (exact) mass is 456 g/mol. The van der Waals surface area contributed by atoms with Gasteiger partial charge in [-0.15, -0.1) is 0 Å². The van der Waals surface area contributed by atoms with Crippen molar-refractivity contribution in [3.05, 3.63) is 51.7 Å². The third-order valence-electron chi connectivity index (χ3n) is 6.72. The van der Waals surface area contributed by atoms with E-state index in [0.29, 0.717) is 25.1 Å². The summed E-state index contributed by atoms with van der Waals surface area (Å²) in [5.41, 5.74) is 0.0256. The average Bonchev–Trinajstić information content (AvgIpc) is 3.44. The first-order valence-corrected chi connectivity index (χ1v) is 11.2. The van der Waals surface area contributed by atoms with E-state index in [1.165, 1.54) is 0 Å². The molecule has 2 fully saturated rings. The zero-order chi connectivity index (χ0) is 22.9. The van der Waals surface area contributed by atoms with Crippen LogP contribution in [0.25, 0.3) is 0 Å². The number of nitrogens with one attached hydrogen (secondary N) is 3. The standard InChI is InChI=1S/C22H30F4N5O/c1-2-27-10-14-6-8-30(13-14)21-18(15-5-7-28-11-15)12-29-20(31(21)32)17-4-3-16(9-19(17)23)22(24,25)26/h3-5,9,14,18,20-21,27-29H,2,6-8,10-13H2,1H3/q+1. The maximum atomic E-state index is 14.7. The second kappa shape index (κ2) is 9.54. The van der Waals surface area contributed by atoms with E-state index >= 15 is 0 Å². The summed E-state index contributed by atoms with van der Waals surface area (Å²) >= 11 is 0. The van der Waals surface area contributed by atoms with Crippen molar-refractivity contribution < 1.29 is 22.3 Å². The van der Waals surface area contributed by atoms with Crippen LogP contribution in [0.5, 0.6) is 0 Å². The van der Waals surface area contributed by atoms with Crippen LogP contribution in [0.2, 0.25) is 0 Å². The Bertz CT molecular complexity index is 874. The maximum Gasteiger partial charge on any atom is 0.416 e. The summed E-state index contributed by atoms with van der Waals surface area (Å²) in [6.07, 6.45) is -3.11. The third kappa shape index (κ3) is 4.73. The van der Waals surface area contributed by atoms with Crippen molar-refractivity contribution in [2.24, 2.45) is 11.8 Å². The molecule has 0 amide bonds. The van der Waals surface area contributed by atoms with Crippen molar-refractivity contribution in [1.82, 2.24) is 20.9 Å². The topological polar surface area (TPSA) is 59.4 Å². The predicted molar refractivity (Wildman–Crippen MR) is 112 cm³/mol. The first-order chi connectivity index (χ1) is 15.3. The zero-order valence-corrected chi connectivity index (χ0v) is 18.1. The van der Waals surface area contributed by atoms with Crippen LogP contribution in [0, 0.1) is 22.6 Å². The molecule has 3 aliphatic heterocycles. The second-order valence-electron chi connectivity index (χ2n) is 8.79. The van der Waals surface area contributed by atoms with Gasteiger partial charge in [0.2, 0.25) is 0 Å². The van der Waals surface area contributed by atoms with Crippen LogP contribution < -0.4 is 16.0 Å². The summed E-state index contributed by atoms with van der Waals surface area (Å²) in [6.45, 7) is 7.24. The highest BCUT2D eigenvalue weighted by atomic mass is 19.4. The van der Waals surface area contributed by atoms with Crippen molar-refractivity contribution in [3.63, 3.8) is 0 Å². The van der Waals surface area contributed by atoms with Gasteiger partial charge in [-0.2, -0.15) is 13.2 Å². The number of nitroso groups, excluding NO2 is 1. The average molecular weight is 457 g/mol. The number of likely N-dealkylation sites (tertiary alicyclic amines) is 1. The van der Waals surface area contributed by atoms with Gasteiger partial charge < -0.3 is 10.6 Å². The minimum Gasteiger partial charge on any atom is -0.317 e. The van der Waals surface area contributed by atoms with Gasteiger partial charge in [-0.25, -0.2) is 9.29 Å². The Hall–Kier alpha value is -1.88.